The first kappa shape index (κ1) is 15.6. The highest BCUT2D eigenvalue weighted by Crippen LogP contribution is 2.26. The molecular weight excluding hydrogens is 306 g/mol. The Labute approximate surface area is 140 Å². The number of aliphatic imine (C=N–C) groups is 1. The molecule has 2 heterocycles. The minimum atomic E-state index is -0.201. The molecular formula is C18H17N3OS. The predicted octanol–water partition coefficient (Wildman–Crippen LogP) is 2.43. The maximum absolute atomic E-state index is 12.4. The van der Waals surface area contributed by atoms with Crippen molar-refractivity contribution in [3.8, 4) is 17.9 Å². The fraction of sp³-hybridized carbons (Fsp3) is 0.389. The van der Waals surface area contributed by atoms with E-state index in [-0.39, 0.29) is 16.5 Å². The summed E-state index contributed by atoms with van der Waals surface area (Å²) in [5, 5.41) is 8.38. The topological polar surface area (TPSA) is 56.5 Å². The number of rotatable bonds is 1. The van der Waals surface area contributed by atoms with Gasteiger partial charge in [0.05, 0.1) is 11.6 Å². The molecule has 2 unspecified atom stereocenters. The van der Waals surface area contributed by atoms with Gasteiger partial charge in [0.15, 0.2) is 5.37 Å². The Bertz CT molecular complexity index is 703. The van der Waals surface area contributed by atoms with Crippen LogP contribution in [0.3, 0.4) is 0 Å². The summed E-state index contributed by atoms with van der Waals surface area (Å²) >= 11 is 1.50. The zero-order valence-electron chi connectivity index (χ0n) is 12.7. The second kappa shape index (κ2) is 7.35. The Morgan fingerprint density at radius 2 is 1.87 bits per heavy atom. The van der Waals surface area contributed by atoms with Crippen molar-refractivity contribution in [1.29, 1.82) is 5.26 Å². The molecule has 0 saturated carbocycles. The summed E-state index contributed by atoms with van der Waals surface area (Å²) in [7, 11) is 0. The minimum Gasteiger partial charge on any atom is -0.341 e. The summed E-state index contributed by atoms with van der Waals surface area (Å²) in [4.78, 5) is 18.7. The van der Waals surface area contributed by atoms with Gasteiger partial charge in [-0.1, -0.05) is 11.8 Å². The molecule has 5 heteroatoms. The maximum atomic E-state index is 12.4. The van der Waals surface area contributed by atoms with Gasteiger partial charge < -0.3 is 4.90 Å². The van der Waals surface area contributed by atoms with E-state index >= 15 is 0 Å². The lowest BCUT2D eigenvalue weighted by molar-refractivity contribution is -0.130. The number of hydrogen-bond donors (Lipinski definition) is 0. The van der Waals surface area contributed by atoms with E-state index in [1.54, 1.807) is 18.3 Å². The van der Waals surface area contributed by atoms with Gasteiger partial charge >= 0.3 is 0 Å². The number of carbonyl (C=O) groups excluding carboxylic acids is 1. The summed E-state index contributed by atoms with van der Waals surface area (Å²) < 4.78 is 0. The molecule has 2 aliphatic rings. The molecule has 0 aliphatic carbocycles. The molecule has 0 bridgehead atoms. The highest BCUT2D eigenvalue weighted by Gasteiger charge is 2.30. The van der Waals surface area contributed by atoms with Gasteiger partial charge in [0.25, 0.3) is 0 Å². The molecule has 1 amide bonds. The third-order valence-electron chi connectivity index (χ3n) is 3.90. The highest BCUT2D eigenvalue weighted by atomic mass is 32.2. The van der Waals surface area contributed by atoms with Crippen molar-refractivity contribution in [2.24, 2.45) is 4.99 Å². The van der Waals surface area contributed by atoms with Gasteiger partial charge in [0, 0.05) is 24.9 Å². The summed E-state index contributed by atoms with van der Waals surface area (Å²) in [6.07, 6.45) is 5.15. The predicted molar refractivity (Wildman–Crippen MR) is 92.1 cm³/mol. The Kier molecular flexibility index (Phi) is 5.00. The molecule has 1 aromatic carbocycles. The zero-order valence-corrected chi connectivity index (χ0v) is 13.6. The van der Waals surface area contributed by atoms with E-state index < -0.39 is 0 Å². The van der Waals surface area contributed by atoms with Gasteiger partial charge in [-0.3, -0.25) is 9.79 Å². The van der Waals surface area contributed by atoms with Gasteiger partial charge in [-0.15, -0.1) is 11.8 Å². The second-order valence-electron chi connectivity index (χ2n) is 5.55. The molecule has 23 heavy (non-hydrogen) atoms. The van der Waals surface area contributed by atoms with Crippen LogP contribution in [0, 0.1) is 23.2 Å². The van der Waals surface area contributed by atoms with E-state index in [2.05, 4.69) is 22.9 Å². The molecule has 1 fully saturated rings. The molecule has 116 valence electrons. The lowest BCUT2D eigenvalue weighted by atomic mass is 10.1. The van der Waals surface area contributed by atoms with Crippen LogP contribution in [0.1, 0.15) is 30.4 Å². The fourth-order valence-corrected chi connectivity index (χ4v) is 3.58. The monoisotopic (exact) mass is 323 g/mol. The Hall–Kier alpha value is -2.24. The highest BCUT2D eigenvalue weighted by molar-refractivity contribution is 8.02. The van der Waals surface area contributed by atoms with Crippen molar-refractivity contribution in [3.63, 3.8) is 0 Å². The SMILES string of the molecule is N#Cc1ccc(C#CC2N=CC(C(=O)N3CCCCC3)S2)cc1. The normalized spacial score (nSPS) is 23.0. The molecule has 4 nitrogen and oxygen atoms in total. The van der Waals surface area contributed by atoms with Crippen LogP contribution in [0.5, 0.6) is 0 Å². The van der Waals surface area contributed by atoms with Crippen LogP contribution in [0.15, 0.2) is 29.3 Å². The second-order valence-corrected chi connectivity index (χ2v) is 6.78. The maximum Gasteiger partial charge on any atom is 0.241 e. The van der Waals surface area contributed by atoms with E-state index in [0.29, 0.717) is 5.56 Å². The van der Waals surface area contributed by atoms with Crippen molar-refractivity contribution in [2.45, 2.75) is 29.9 Å². The van der Waals surface area contributed by atoms with Crippen LogP contribution < -0.4 is 0 Å². The molecule has 1 saturated heterocycles. The third-order valence-corrected chi connectivity index (χ3v) is 5.01. The number of nitrogens with zero attached hydrogens (tertiary/aromatic N) is 3. The minimum absolute atomic E-state index is 0.168. The molecule has 0 radical (unpaired) electrons. The Morgan fingerprint density at radius 1 is 1.17 bits per heavy atom. The van der Waals surface area contributed by atoms with Crippen LogP contribution >= 0.6 is 11.8 Å². The lowest BCUT2D eigenvalue weighted by Gasteiger charge is -2.28. The average molecular weight is 323 g/mol. The van der Waals surface area contributed by atoms with E-state index in [1.165, 1.54) is 18.2 Å². The van der Waals surface area contributed by atoms with Crippen LogP contribution in [0.2, 0.25) is 0 Å². The van der Waals surface area contributed by atoms with E-state index in [0.717, 1.165) is 31.5 Å². The first-order chi connectivity index (χ1) is 11.3. The van der Waals surface area contributed by atoms with Crippen LogP contribution in [0.25, 0.3) is 0 Å². The van der Waals surface area contributed by atoms with Crippen LogP contribution in [-0.4, -0.2) is 40.7 Å². The molecule has 3 rings (SSSR count). The number of benzene rings is 1. The number of carbonyl (C=O) groups is 1. The summed E-state index contributed by atoms with van der Waals surface area (Å²) in [5.74, 6) is 6.31. The van der Waals surface area contributed by atoms with Gasteiger partial charge in [-0.05, 0) is 43.5 Å². The first-order valence-corrected chi connectivity index (χ1v) is 8.70. The smallest absolute Gasteiger partial charge is 0.241 e. The van der Waals surface area contributed by atoms with Gasteiger partial charge in [0.2, 0.25) is 5.91 Å². The number of hydrogen-bond acceptors (Lipinski definition) is 4. The molecule has 2 atom stereocenters. The molecule has 0 N–H and O–H groups in total. The van der Waals surface area contributed by atoms with Crippen molar-refractivity contribution >= 4 is 23.9 Å². The van der Waals surface area contributed by atoms with Crippen LogP contribution in [-0.2, 0) is 4.79 Å². The van der Waals surface area contributed by atoms with Crippen molar-refractivity contribution in [3.05, 3.63) is 35.4 Å². The number of likely N-dealkylation sites (tertiary alicyclic amines) is 1. The standard InChI is InChI=1S/C18H17N3OS/c19-12-15-6-4-14(5-7-15)8-9-17-20-13-16(23-17)18(22)21-10-2-1-3-11-21/h4-7,13,16-17H,1-3,10-11H2. The van der Waals surface area contributed by atoms with Gasteiger partial charge in [-0.2, -0.15) is 5.26 Å². The van der Waals surface area contributed by atoms with E-state index in [1.807, 2.05) is 17.0 Å². The molecule has 1 aromatic rings. The quantitative estimate of drug-likeness (QED) is 0.746. The average Bonchev–Trinajstić information content (AvgIpc) is 3.09. The van der Waals surface area contributed by atoms with Crippen molar-refractivity contribution in [1.82, 2.24) is 4.90 Å². The molecule has 2 aliphatic heterocycles. The molecule has 0 aromatic heterocycles. The summed E-state index contributed by atoms with van der Waals surface area (Å²) in [5.41, 5.74) is 1.47. The zero-order chi connectivity index (χ0) is 16.1. The lowest BCUT2D eigenvalue weighted by Crippen LogP contribution is -2.41. The van der Waals surface area contributed by atoms with Gasteiger partial charge in [-0.25, -0.2) is 0 Å². The number of piperidine rings is 1. The fourth-order valence-electron chi connectivity index (χ4n) is 2.63. The summed E-state index contributed by atoms with van der Waals surface area (Å²) in [6.45, 7) is 1.73. The van der Waals surface area contributed by atoms with Crippen molar-refractivity contribution < 1.29 is 4.79 Å². The van der Waals surface area contributed by atoms with Crippen molar-refractivity contribution in [2.75, 3.05) is 13.1 Å². The largest absolute Gasteiger partial charge is 0.341 e. The number of thioether (sulfide) groups is 1. The molecule has 0 spiro atoms. The number of amides is 1. The van der Waals surface area contributed by atoms with E-state index in [4.69, 9.17) is 5.26 Å². The first-order valence-electron chi connectivity index (χ1n) is 7.75. The third kappa shape index (κ3) is 3.94. The number of nitriles is 1. The summed E-state index contributed by atoms with van der Waals surface area (Å²) in [6, 6.07) is 9.23. The Morgan fingerprint density at radius 3 is 2.57 bits per heavy atom. The van der Waals surface area contributed by atoms with Gasteiger partial charge in [0.1, 0.15) is 5.25 Å². The Balaban J connectivity index is 1.58. The van der Waals surface area contributed by atoms with Crippen LogP contribution in [0.4, 0.5) is 0 Å². The van der Waals surface area contributed by atoms with E-state index in [9.17, 15) is 4.79 Å².